The fourth-order valence-electron chi connectivity index (χ4n) is 5.15. The molecule has 0 saturated heterocycles. The Morgan fingerprint density at radius 2 is 1.81 bits per heavy atom. The molecule has 2 saturated carbocycles. The lowest BCUT2D eigenvalue weighted by Crippen LogP contribution is -2.36. The summed E-state index contributed by atoms with van der Waals surface area (Å²) in [6.45, 7) is 4.62. The van der Waals surface area contributed by atoms with Gasteiger partial charge in [-0.2, -0.15) is 5.26 Å². The van der Waals surface area contributed by atoms with Gasteiger partial charge in [-0.15, -0.1) is 0 Å². The smallest absolute Gasteiger partial charge is 0.413 e. The van der Waals surface area contributed by atoms with Crippen molar-refractivity contribution in [2.75, 3.05) is 42.0 Å². The van der Waals surface area contributed by atoms with Crippen LogP contribution in [0.15, 0.2) is 30.6 Å². The number of hydrogen-bond acceptors (Lipinski definition) is 7. The zero-order valence-electron chi connectivity index (χ0n) is 21.6. The Hall–Kier alpha value is -3.38. The first-order valence-corrected chi connectivity index (χ1v) is 12.5. The Morgan fingerprint density at radius 3 is 2.33 bits per heavy atom. The van der Waals surface area contributed by atoms with Crippen molar-refractivity contribution in [2.45, 2.75) is 58.0 Å². The number of rotatable bonds is 4. The Morgan fingerprint density at radius 1 is 1.14 bits per heavy atom. The van der Waals surface area contributed by atoms with Crippen molar-refractivity contribution in [1.82, 2.24) is 9.97 Å². The molecule has 9 heteroatoms. The van der Waals surface area contributed by atoms with E-state index >= 15 is 0 Å². The van der Waals surface area contributed by atoms with Crippen molar-refractivity contribution in [3.05, 3.63) is 41.9 Å². The summed E-state index contributed by atoms with van der Waals surface area (Å²) < 4.78 is 0. The molecule has 2 aromatic rings. The van der Waals surface area contributed by atoms with Gasteiger partial charge in [0.25, 0.3) is 0 Å². The van der Waals surface area contributed by atoms with E-state index in [9.17, 15) is 15.0 Å². The molecule has 1 aromatic carbocycles. The molecule has 2 fully saturated rings. The summed E-state index contributed by atoms with van der Waals surface area (Å²) in [4.78, 5) is 25.5. The molecule has 1 spiro atoms. The average molecular weight is 493 g/mol. The molecule has 5 rings (SSSR count). The second-order valence-electron chi connectivity index (χ2n) is 11.0. The third kappa shape index (κ3) is 5.71. The van der Waals surface area contributed by atoms with Crippen LogP contribution in [0.25, 0.3) is 0 Å². The quantitative estimate of drug-likeness (QED) is 0.638. The third-order valence-corrected chi connectivity index (χ3v) is 7.69. The van der Waals surface area contributed by atoms with E-state index in [1.165, 1.54) is 48.7 Å². The van der Waals surface area contributed by atoms with Crippen LogP contribution in [0.5, 0.6) is 0 Å². The summed E-state index contributed by atoms with van der Waals surface area (Å²) in [7, 11) is 4.08. The van der Waals surface area contributed by atoms with Gasteiger partial charge in [-0.25, -0.2) is 9.78 Å². The lowest BCUT2D eigenvalue weighted by atomic mass is 9.79. The molecule has 1 aliphatic heterocycles. The first-order valence-electron chi connectivity index (χ1n) is 12.5. The van der Waals surface area contributed by atoms with Crippen molar-refractivity contribution in [2.24, 2.45) is 11.3 Å². The highest BCUT2D eigenvalue weighted by Gasteiger charge is 2.45. The van der Waals surface area contributed by atoms with Gasteiger partial charge in [-0.05, 0) is 81.9 Å². The number of fused-ring (bicyclic) bond motifs is 1. The molecular formula is C27H36N6O3. The topological polar surface area (TPSA) is 117 Å². The van der Waals surface area contributed by atoms with Crippen LogP contribution in [-0.2, 0) is 5.60 Å². The van der Waals surface area contributed by atoms with Gasteiger partial charge in [0, 0.05) is 20.6 Å². The summed E-state index contributed by atoms with van der Waals surface area (Å²) in [5.41, 5.74) is 3.02. The maximum absolute atomic E-state index is 11.6. The number of benzene rings is 1. The van der Waals surface area contributed by atoms with Gasteiger partial charge in [-0.1, -0.05) is 0 Å². The van der Waals surface area contributed by atoms with Crippen molar-refractivity contribution < 1.29 is 15.0 Å². The molecule has 2 aliphatic carbocycles. The largest absolute Gasteiger partial charge is 0.465 e. The molecular weight excluding hydrogens is 456 g/mol. The maximum Gasteiger partial charge on any atom is 0.413 e. The van der Waals surface area contributed by atoms with Gasteiger partial charge in [-0.3, -0.25) is 9.88 Å². The molecule has 2 N–H and O–H groups in total. The summed E-state index contributed by atoms with van der Waals surface area (Å²) in [6, 6.07) is 7.93. The molecule has 192 valence electrons. The van der Waals surface area contributed by atoms with Crippen molar-refractivity contribution >= 4 is 23.3 Å². The molecule has 1 amide bonds. The van der Waals surface area contributed by atoms with Gasteiger partial charge >= 0.3 is 6.09 Å². The second-order valence-corrected chi connectivity index (χ2v) is 11.0. The Labute approximate surface area is 213 Å². The first kappa shape index (κ1) is 25.7. The van der Waals surface area contributed by atoms with Gasteiger partial charge in [0.1, 0.15) is 5.60 Å². The lowest BCUT2D eigenvalue weighted by Gasteiger charge is -2.31. The van der Waals surface area contributed by atoms with E-state index in [4.69, 9.17) is 5.26 Å². The number of nitriles is 1. The third-order valence-electron chi connectivity index (χ3n) is 7.69. The predicted octanol–water partition coefficient (Wildman–Crippen LogP) is 4.56. The van der Waals surface area contributed by atoms with Crippen LogP contribution in [0.4, 0.5) is 22.0 Å². The van der Waals surface area contributed by atoms with E-state index in [2.05, 4.69) is 25.8 Å². The van der Waals surface area contributed by atoms with Gasteiger partial charge in [0.05, 0.1) is 47.8 Å². The van der Waals surface area contributed by atoms with Gasteiger partial charge in [0.2, 0.25) is 0 Å². The summed E-state index contributed by atoms with van der Waals surface area (Å²) >= 11 is 0. The van der Waals surface area contributed by atoms with Crippen LogP contribution in [0, 0.1) is 22.7 Å². The summed E-state index contributed by atoms with van der Waals surface area (Å²) in [5, 5.41) is 28.2. The first-order chi connectivity index (χ1) is 17.0. The fraction of sp³-hybridized carbons (Fsp3) is 0.556. The number of hydrogen-bond donors (Lipinski definition) is 2. The number of aliphatic hydroxyl groups is 1. The normalized spacial score (nSPS) is 18.2. The monoisotopic (exact) mass is 492 g/mol. The van der Waals surface area contributed by atoms with Crippen LogP contribution in [0.1, 0.15) is 63.6 Å². The van der Waals surface area contributed by atoms with Crippen LogP contribution in [-0.4, -0.2) is 53.6 Å². The minimum atomic E-state index is -1.08. The minimum Gasteiger partial charge on any atom is -0.465 e. The highest BCUT2D eigenvalue weighted by molar-refractivity contribution is 5.84. The summed E-state index contributed by atoms with van der Waals surface area (Å²) in [5.74, 6) is 0.727. The maximum atomic E-state index is 11.6. The fourth-order valence-corrected chi connectivity index (χ4v) is 5.15. The van der Waals surface area contributed by atoms with Crippen molar-refractivity contribution in [3.63, 3.8) is 0 Å². The van der Waals surface area contributed by atoms with Crippen molar-refractivity contribution in [3.8, 4) is 6.07 Å². The second kappa shape index (κ2) is 9.94. The number of anilines is 3. The van der Waals surface area contributed by atoms with E-state index in [0.717, 1.165) is 30.8 Å². The lowest BCUT2D eigenvalue weighted by molar-refractivity contribution is 0.0734. The van der Waals surface area contributed by atoms with Crippen LogP contribution < -0.4 is 14.7 Å². The van der Waals surface area contributed by atoms with E-state index in [1.54, 1.807) is 13.8 Å². The van der Waals surface area contributed by atoms with Crippen molar-refractivity contribution in [1.29, 1.82) is 5.26 Å². The average Bonchev–Trinajstić information content (AvgIpc) is 3.55. The van der Waals surface area contributed by atoms with Gasteiger partial charge in [0.15, 0.2) is 5.82 Å². The molecule has 9 nitrogen and oxygen atoms in total. The Kier molecular flexibility index (Phi) is 7.10. The molecule has 0 bridgehead atoms. The molecule has 36 heavy (non-hydrogen) atoms. The Bertz CT molecular complexity index is 1120. The zero-order chi connectivity index (χ0) is 26.1. The van der Waals surface area contributed by atoms with E-state index in [-0.39, 0.29) is 0 Å². The molecule has 3 aliphatic rings. The number of nitrogens with zero attached hydrogens (tertiary/aromatic N) is 6. The zero-order valence-corrected chi connectivity index (χ0v) is 21.6. The van der Waals surface area contributed by atoms with Crippen LogP contribution in [0.3, 0.4) is 0 Å². The minimum absolute atomic E-state index is 0.331. The van der Waals surface area contributed by atoms with Gasteiger partial charge < -0.3 is 20.0 Å². The van der Waals surface area contributed by atoms with Crippen LogP contribution in [0.2, 0.25) is 0 Å². The number of aromatic nitrogens is 2. The molecule has 2 heterocycles. The number of carbonyl (C=O) groups is 1. The molecule has 0 atom stereocenters. The highest BCUT2D eigenvalue weighted by Crippen LogP contribution is 2.57. The van der Waals surface area contributed by atoms with E-state index in [1.807, 2.05) is 32.3 Å². The molecule has 0 unspecified atom stereocenters. The van der Waals surface area contributed by atoms with E-state index < -0.39 is 11.7 Å². The number of carboxylic acid groups (broad SMARTS) is 1. The van der Waals surface area contributed by atoms with E-state index in [0.29, 0.717) is 29.4 Å². The predicted molar refractivity (Wildman–Crippen MR) is 139 cm³/mol. The standard InChI is InChI=1S/C17H25N3O3.C10H11N3/c1-16(2,23)13-9-19-14(10-18-13)20(15(21)22)11-12-3-5-17(6-4-12)7-8-17;1-12-7-13(2)10-5-8(6-11)3-4-9(10)12/h9-10,12,23H,3-8,11H2,1-2H3,(H,21,22);3-5H,7H2,1-2H3. The van der Waals surface area contributed by atoms with Crippen LogP contribution >= 0.6 is 0 Å². The molecule has 1 aromatic heterocycles. The Balaban J connectivity index is 0.000000197. The molecule has 0 radical (unpaired) electrons. The summed E-state index contributed by atoms with van der Waals surface area (Å²) in [6.07, 6.45) is 9.25. The SMILES string of the molecule is CC(C)(O)c1cnc(N(CC2CCC3(CC2)CC3)C(=O)O)cn1.CN1CN(C)c2cc(C#N)ccc21. The highest BCUT2D eigenvalue weighted by atomic mass is 16.4. The number of amides is 1.